The molecule has 0 aromatic heterocycles. The Morgan fingerprint density at radius 1 is 0.444 bits per heavy atom. The first kappa shape index (κ1) is 25.9. The van der Waals surface area contributed by atoms with Crippen molar-refractivity contribution < 1.29 is 4.74 Å². The molecule has 1 aliphatic carbocycles. The normalized spacial score (nSPS) is 13.5. The highest BCUT2D eigenvalue weighted by molar-refractivity contribution is 6.04. The zero-order valence-electron chi connectivity index (χ0n) is 25.3. The minimum Gasteiger partial charge on any atom is -0.456 e. The number of benzene rings is 7. The summed E-state index contributed by atoms with van der Waals surface area (Å²) in [7, 11) is 0. The van der Waals surface area contributed by atoms with Gasteiger partial charge in [-0.25, -0.2) is 0 Å². The number of fused-ring (bicyclic) bond motifs is 5. The molecule has 0 N–H and O–H groups in total. The lowest BCUT2D eigenvalue weighted by atomic mass is 9.82. The van der Waals surface area contributed by atoms with Crippen molar-refractivity contribution in [3.8, 4) is 44.9 Å². The van der Waals surface area contributed by atoms with E-state index in [1.165, 1.54) is 49.7 Å². The number of nitrogens with zero attached hydrogens (tertiary/aromatic N) is 1. The quantitative estimate of drug-likeness (QED) is 0.206. The van der Waals surface area contributed by atoms with Gasteiger partial charge in [0, 0.05) is 39.5 Å². The molecule has 0 radical (unpaired) electrons. The van der Waals surface area contributed by atoms with Crippen molar-refractivity contribution in [2.45, 2.75) is 19.3 Å². The SMILES string of the molecule is CC1(C)c2ccccc2-c2ccc(N(c3ccc(-c4ccccc4)cc3)c3ccc4c(c3)Oc3cccc5cccc-4c35)cc21. The summed E-state index contributed by atoms with van der Waals surface area (Å²) < 4.78 is 6.61. The van der Waals surface area contributed by atoms with Crippen LogP contribution in [0.2, 0.25) is 0 Å². The van der Waals surface area contributed by atoms with E-state index in [0.717, 1.165) is 34.1 Å². The predicted octanol–water partition coefficient (Wildman–Crippen LogP) is 12.1. The molecule has 0 bridgehead atoms. The first-order valence-corrected chi connectivity index (χ1v) is 15.6. The molecular weight excluding hydrogens is 546 g/mol. The smallest absolute Gasteiger partial charge is 0.137 e. The maximum Gasteiger partial charge on any atom is 0.137 e. The predicted molar refractivity (Wildman–Crippen MR) is 187 cm³/mol. The summed E-state index contributed by atoms with van der Waals surface area (Å²) in [5.41, 5.74) is 13.3. The molecule has 9 rings (SSSR count). The molecule has 0 amide bonds. The van der Waals surface area contributed by atoms with Gasteiger partial charge in [-0.05, 0) is 86.8 Å². The van der Waals surface area contributed by atoms with Gasteiger partial charge >= 0.3 is 0 Å². The molecule has 0 atom stereocenters. The third-order valence-electron chi connectivity index (χ3n) is 9.66. The summed E-state index contributed by atoms with van der Waals surface area (Å²) in [5.74, 6) is 1.78. The Balaban J connectivity index is 1.21. The van der Waals surface area contributed by atoms with Gasteiger partial charge < -0.3 is 9.64 Å². The van der Waals surface area contributed by atoms with Crippen molar-refractivity contribution in [1.82, 2.24) is 0 Å². The highest BCUT2D eigenvalue weighted by Crippen LogP contribution is 2.52. The maximum absolute atomic E-state index is 6.61. The average molecular weight is 578 g/mol. The van der Waals surface area contributed by atoms with Gasteiger partial charge in [-0.15, -0.1) is 0 Å². The van der Waals surface area contributed by atoms with Gasteiger partial charge in [-0.3, -0.25) is 0 Å². The minimum atomic E-state index is -0.0911. The Morgan fingerprint density at radius 3 is 1.89 bits per heavy atom. The second kappa shape index (κ2) is 9.70. The fourth-order valence-electron chi connectivity index (χ4n) is 7.40. The molecular formula is C43H31NO. The van der Waals surface area contributed by atoms with Gasteiger partial charge in [0.1, 0.15) is 11.5 Å². The van der Waals surface area contributed by atoms with E-state index < -0.39 is 0 Å². The van der Waals surface area contributed by atoms with Crippen LogP contribution in [0.3, 0.4) is 0 Å². The van der Waals surface area contributed by atoms with Gasteiger partial charge in [0.25, 0.3) is 0 Å². The number of ether oxygens (including phenoxy) is 1. The lowest BCUT2D eigenvalue weighted by Gasteiger charge is -2.29. The second-order valence-corrected chi connectivity index (χ2v) is 12.6. The minimum absolute atomic E-state index is 0.0911. The van der Waals surface area contributed by atoms with Gasteiger partial charge in [-0.2, -0.15) is 0 Å². The summed E-state index contributed by atoms with van der Waals surface area (Å²) >= 11 is 0. The summed E-state index contributed by atoms with van der Waals surface area (Å²) in [6, 6.07) is 54.6. The van der Waals surface area contributed by atoms with Crippen LogP contribution in [0, 0.1) is 0 Å². The molecule has 2 aliphatic rings. The van der Waals surface area contributed by atoms with Crippen molar-refractivity contribution in [3.05, 3.63) is 163 Å². The van der Waals surface area contributed by atoms with Gasteiger partial charge in [0.05, 0.1) is 0 Å². The van der Waals surface area contributed by atoms with E-state index in [0.29, 0.717) is 0 Å². The summed E-state index contributed by atoms with van der Waals surface area (Å²) in [6.07, 6.45) is 0. The van der Waals surface area contributed by atoms with E-state index in [2.05, 4.69) is 170 Å². The molecule has 0 fully saturated rings. The third kappa shape index (κ3) is 3.96. The summed E-state index contributed by atoms with van der Waals surface area (Å²) in [5, 5.41) is 2.37. The van der Waals surface area contributed by atoms with Gasteiger partial charge in [-0.1, -0.05) is 117 Å². The van der Waals surface area contributed by atoms with Crippen molar-refractivity contribution in [3.63, 3.8) is 0 Å². The third-order valence-corrected chi connectivity index (χ3v) is 9.66. The standard InChI is InChI=1S/C43H31NO/c1-43(2)38-16-7-6-14-34(38)35-24-22-32(26-39(35)43)44(31-20-18-29(19-21-31)28-10-4-3-5-11-28)33-23-25-36-37-15-8-12-30-13-9-17-40(42(30)37)45-41(36)27-33/h3-27H,1-2H3. The number of hydrogen-bond donors (Lipinski definition) is 0. The molecule has 0 spiro atoms. The Hall–Kier alpha value is -5.60. The zero-order chi connectivity index (χ0) is 30.1. The van der Waals surface area contributed by atoms with E-state index in [-0.39, 0.29) is 5.41 Å². The topological polar surface area (TPSA) is 12.5 Å². The molecule has 0 saturated carbocycles. The van der Waals surface area contributed by atoms with Crippen molar-refractivity contribution in [1.29, 1.82) is 0 Å². The summed E-state index contributed by atoms with van der Waals surface area (Å²) in [4.78, 5) is 2.36. The van der Waals surface area contributed by atoms with E-state index in [1.54, 1.807) is 0 Å². The van der Waals surface area contributed by atoms with E-state index in [4.69, 9.17) is 4.74 Å². The largest absolute Gasteiger partial charge is 0.456 e. The molecule has 0 saturated heterocycles. The molecule has 7 aromatic rings. The van der Waals surface area contributed by atoms with Crippen molar-refractivity contribution in [2.75, 3.05) is 4.90 Å². The lowest BCUT2D eigenvalue weighted by molar-refractivity contribution is 0.487. The van der Waals surface area contributed by atoms with Gasteiger partial charge in [0.2, 0.25) is 0 Å². The Bertz CT molecular complexity index is 2260. The fraction of sp³-hybridized carbons (Fsp3) is 0.0698. The number of hydrogen-bond acceptors (Lipinski definition) is 2. The Morgan fingerprint density at radius 2 is 1.07 bits per heavy atom. The molecule has 214 valence electrons. The zero-order valence-corrected chi connectivity index (χ0v) is 25.3. The average Bonchev–Trinajstić information content (AvgIpc) is 3.31. The van der Waals surface area contributed by atoms with Crippen LogP contribution in [0.1, 0.15) is 25.0 Å². The van der Waals surface area contributed by atoms with Crippen LogP contribution < -0.4 is 9.64 Å². The Kier molecular flexibility index (Phi) is 5.58. The molecule has 7 aromatic carbocycles. The molecule has 1 aliphatic heterocycles. The van der Waals surface area contributed by atoms with Crippen LogP contribution in [0.5, 0.6) is 11.5 Å². The summed E-state index contributed by atoms with van der Waals surface area (Å²) in [6.45, 7) is 4.68. The maximum atomic E-state index is 6.61. The Labute approximate surface area is 263 Å². The molecule has 1 heterocycles. The molecule has 45 heavy (non-hydrogen) atoms. The van der Waals surface area contributed by atoms with Crippen LogP contribution in [-0.2, 0) is 5.41 Å². The second-order valence-electron chi connectivity index (χ2n) is 12.6. The van der Waals surface area contributed by atoms with Crippen LogP contribution in [0.15, 0.2) is 152 Å². The highest BCUT2D eigenvalue weighted by Gasteiger charge is 2.35. The number of rotatable bonds is 4. The fourth-order valence-corrected chi connectivity index (χ4v) is 7.40. The molecule has 0 unspecified atom stereocenters. The lowest BCUT2D eigenvalue weighted by Crippen LogP contribution is -2.16. The van der Waals surface area contributed by atoms with Crippen LogP contribution in [0.4, 0.5) is 17.1 Å². The van der Waals surface area contributed by atoms with Crippen LogP contribution >= 0.6 is 0 Å². The number of anilines is 3. The van der Waals surface area contributed by atoms with E-state index in [9.17, 15) is 0 Å². The molecule has 2 heteroatoms. The first-order chi connectivity index (χ1) is 22.1. The van der Waals surface area contributed by atoms with Crippen molar-refractivity contribution >= 4 is 27.8 Å². The molecule has 2 nitrogen and oxygen atoms in total. The monoisotopic (exact) mass is 577 g/mol. The first-order valence-electron chi connectivity index (χ1n) is 15.6. The van der Waals surface area contributed by atoms with Gasteiger partial charge in [0.15, 0.2) is 0 Å². The van der Waals surface area contributed by atoms with E-state index in [1.807, 2.05) is 0 Å². The van der Waals surface area contributed by atoms with Crippen molar-refractivity contribution in [2.24, 2.45) is 0 Å². The van der Waals surface area contributed by atoms with E-state index >= 15 is 0 Å². The van der Waals surface area contributed by atoms with Crippen LogP contribution in [-0.4, -0.2) is 0 Å². The highest BCUT2D eigenvalue weighted by atomic mass is 16.5. The van der Waals surface area contributed by atoms with Crippen LogP contribution in [0.25, 0.3) is 44.2 Å².